The van der Waals surface area contributed by atoms with Gasteiger partial charge in [-0.05, 0) is 137 Å². The predicted molar refractivity (Wildman–Crippen MR) is 308 cm³/mol. The van der Waals surface area contributed by atoms with Crippen molar-refractivity contribution >= 4 is 88.4 Å². The van der Waals surface area contributed by atoms with Gasteiger partial charge in [-0.1, -0.05) is 188 Å². The topological polar surface area (TPSA) is 39.9 Å². The molecule has 0 radical (unpaired) electrons. The van der Waals surface area contributed by atoms with Gasteiger partial charge in [-0.25, -0.2) is 0 Å². The van der Waals surface area contributed by atoms with E-state index in [0.29, 0.717) is 5.69 Å². The van der Waals surface area contributed by atoms with Crippen LogP contribution in [0, 0.1) is 20.8 Å². The third-order valence-corrected chi connectivity index (χ3v) is 15.0. The summed E-state index contributed by atoms with van der Waals surface area (Å²) in [6, 6.07) is 80.2. The summed E-state index contributed by atoms with van der Waals surface area (Å²) in [6.07, 6.45) is 0.930. The molecule has 0 bridgehead atoms. The molecule has 0 saturated carbocycles. The Balaban J connectivity index is 1.01. The number of aryl methyl sites for hydroxylation is 4. The highest BCUT2D eigenvalue weighted by atomic mass is 16.3. The Morgan fingerprint density at radius 3 is 1.52 bits per heavy atom. The SMILES string of the molecule is CCc1ccccc1-c1cccc2c1oc1c(N(c3ccc(C)cc3)c3ccc4ccc5c(N(c6ccc(C)cc6)c6cccc(-c7cccc(-c8ccccc8C)c7)c6O)ccc6ccc3c4c65)cccc12. The maximum absolute atomic E-state index is 12.6. The van der Waals surface area contributed by atoms with Crippen LogP contribution >= 0.6 is 0 Å². The third-order valence-electron chi connectivity index (χ3n) is 15.0. The van der Waals surface area contributed by atoms with Crippen molar-refractivity contribution in [2.24, 2.45) is 0 Å². The van der Waals surface area contributed by atoms with Gasteiger partial charge in [0.25, 0.3) is 0 Å². The molecule has 0 aliphatic rings. The number of fused-ring (bicyclic) bond motifs is 3. The van der Waals surface area contributed by atoms with Gasteiger partial charge in [0.1, 0.15) is 11.3 Å². The van der Waals surface area contributed by atoms with E-state index < -0.39 is 0 Å². The highest BCUT2D eigenvalue weighted by Crippen LogP contribution is 2.51. The highest BCUT2D eigenvalue weighted by molar-refractivity contribution is 6.28. The van der Waals surface area contributed by atoms with E-state index in [1.54, 1.807) is 0 Å². The average Bonchev–Trinajstić information content (AvgIpc) is 3.82. The van der Waals surface area contributed by atoms with Gasteiger partial charge in [-0.3, -0.25) is 0 Å². The van der Waals surface area contributed by atoms with Crippen molar-refractivity contribution in [1.82, 2.24) is 0 Å². The van der Waals surface area contributed by atoms with Gasteiger partial charge in [-0.15, -0.1) is 0 Å². The second kappa shape index (κ2) is 17.6. The van der Waals surface area contributed by atoms with Crippen LogP contribution in [0.5, 0.6) is 5.75 Å². The number of para-hydroxylation sites is 3. The molecule has 0 unspecified atom stereocenters. The molecule has 13 rings (SSSR count). The molecule has 1 heterocycles. The summed E-state index contributed by atoms with van der Waals surface area (Å²) in [6.45, 7) is 8.60. The quantitative estimate of drug-likeness (QED) is 0.139. The van der Waals surface area contributed by atoms with E-state index in [2.05, 4.69) is 250 Å². The lowest BCUT2D eigenvalue weighted by molar-refractivity contribution is 0.478. The van der Waals surface area contributed by atoms with Crippen LogP contribution in [-0.2, 0) is 6.42 Å². The molecule has 0 saturated heterocycles. The molecule has 1 aromatic heterocycles. The molecule has 0 fully saturated rings. The molecule has 4 heteroatoms. The molecule has 4 nitrogen and oxygen atoms in total. The van der Waals surface area contributed by atoms with E-state index in [1.165, 1.54) is 33.2 Å². The average molecular weight is 941 g/mol. The summed E-state index contributed by atoms with van der Waals surface area (Å²) in [5.74, 6) is 0.216. The number of rotatable bonds is 10. The fourth-order valence-electron chi connectivity index (χ4n) is 11.3. The number of phenols is 1. The zero-order valence-electron chi connectivity index (χ0n) is 41.3. The molecule has 0 amide bonds. The standard InChI is InChI=1S/C69H52N2O2/c1-5-46-15-7-9-19-54(46)56-21-11-22-57-58-23-13-25-64(69(58)73-68(56)57)71(52-36-28-44(3)29-37-52)62-41-33-48-30-38-59-61(40-32-47-31-39-60(62)66(48)65(47)59)70(51-34-26-43(2)27-35-51)63-24-12-20-55(67(63)72)50-17-10-16-49(42-50)53-18-8-6-14-45(53)4/h6-42,72H,5H2,1-4H3. The minimum Gasteiger partial charge on any atom is -0.505 e. The van der Waals surface area contributed by atoms with E-state index >= 15 is 0 Å². The molecule has 0 aliphatic carbocycles. The Kier molecular flexibility index (Phi) is 10.6. The van der Waals surface area contributed by atoms with Crippen LogP contribution in [0.15, 0.2) is 229 Å². The number of hydrogen-bond acceptors (Lipinski definition) is 4. The molecule has 1 N–H and O–H groups in total. The Bertz CT molecular complexity index is 4240. The van der Waals surface area contributed by atoms with E-state index in [0.717, 1.165) is 112 Å². The number of anilines is 6. The van der Waals surface area contributed by atoms with Crippen molar-refractivity contribution in [2.75, 3.05) is 9.80 Å². The minimum absolute atomic E-state index is 0.216. The van der Waals surface area contributed by atoms with Crippen molar-refractivity contribution < 1.29 is 9.52 Å². The molecule has 73 heavy (non-hydrogen) atoms. The molecule has 0 atom stereocenters. The zero-order valence-corrected chi connectivity index (χ0v) is 41.3. The third kappa shape index (κ3) is 7.28. The van der Waals surface area contributed by atoms with Gasteiger partial charge in [0.15, 0.2) is 5.58 Å². The molecule has 350 valence electrons. The summed E-state index contributed by atoms with van der Waals surface area (Å²) >= 11 is 0. The number of hydrogen-bond donors (Lipinski definition) is 1. The summed E-state index contributed by atoms with van der Waals surface area (Å²) in [7, 11) is 0. The largest absolute Gasteiger partial charge is 0.505 e. The van der Waals surface area contributed by atoms with Gasteiger partial charge in [-0.2, -0.15) is 0 Å². The maximum Gasteiger partial charge on any atom is 0.159 e. The lowest BCUT2D eigenvalue weighted by atomic mass is 9.91. The van der Waals surface area contributed by atoms with Crippen molar-refractivity contribution in [3.05, 3.63) is 247 Å². The van der Waals surface area contributed by atoms with Crippen LogP contribution in [0.1, 0.15) is 29.2 Å². The van der Waals surface area contributed by atoms with Crippen LogP contribution < -0.4 is 9.80 Å². The first-order valence-corrected chi connectivity index (χ1v) is 25.3. The normalized spacial score (nSPS) is 11.7. The van der Waals surface area contributed by atoms with E-state index in [9.17, 15) is 5.11 Å². The monoisotopic (exact) mass is 940 g/mol. The van der Waals surface area contributed by atoms with Crippen molar-refractivity contribution in [1.29, 1.82) is 0 Å². The Hall–Kier alpha value is -9.12. The Morgan fingerprint density at radius 1 is 0.384 bits per heavy atom. The summed E-state index contributed by atoms with van der Waals surface area (Å²) in [5.41, 5.74) is 18.6. The number of aromatic hydroxyl groups is 1. The van der Waals surface area contributed by atoms with Crippen LogP contribution in [-0.4, -0.2) is 5.11 Å². The maximum atomic E-state index is 12.6. The minimum atomic E-state index is 0.216. The highest BCUT2D eigenvalue weighted by Gasteiger charge is 2.26. The van der Waals surface area contributed by atoms with Gasteiger partial charge >= 0.3 is 0 Å². The first-order valence-electron chi connectivity index (χ1n) is 25.3. The Morgan fingerprint density at radius 2 is 0.877 bits per heavy atom. The van der Waals surface area contributed by atoms with Crippen LogP contribution in [0.2, 0.25) is 0 Å². The number of nitrogens with zero attached hydrogens (tertiary/aromatic N) is 2. The predicted octanol–water partition coefficient (Wildman–Crippen LogP) is 19.6. The zero-order chi connectivity index (χ0) is 49.3. The van der Waals surface area contributed by atoms with Crippen LogP contribution in [0.3, 0.4) is 0 Å². The second-order valence-corrected chi connectivity index (χ2v) is 19.5. The van der Waals surface area contributed by atoms with Crippen LogP contribution in [0.25, 0.3) is 87.6 Å². The molecule has 0 spiro atoms. The first kappa shape index (κ1) is 43.9. The molecule has 13 aromatic rings. The molecule has 12 aromatic carbocycles. The van der Waals surface area contributed by atoms with Gasteiger partial charge in [0.05, 0.1) is 22.7 Å². The first-order chi connectivity index (χ1) is 35.8. The van der Waals surface area contributed by atoms with E-state index in [4.69, 9.17) is 4.42 Å². The number of phenolic OH excluding ortho intramolecular Hbond substituents is 1. The molecule has 0 aliphatic heterocycles. The Labute approximate surface area is 425 Å². The smallest absolute Gasteiger partial charge is 0.159 e. The summed E-state index contributed by atoms with van der Waals surface area (Å²) in [5, 5.41) is 21.7. The van der Waals surface area contributed by atoms with Crippen molar-refractivity contribution in [3.63, 3.8) is 0 Å². The van der Waals surface area contributed by atoms with Gasteiger partial charge in [0.2, 0.25) is 0 Å². The van der Waals surface area contributed by atoms with Crippen molar-refractivity contribution in [3.8, 4) is 39.1 Å². The summed E-state index contributed by atoms with van der Waals surface area (Å²) < 4.78 is 7.18. The van der Waals surface area contributed by atoms with Crippen LogP contribution in [0.4, 0.5) is 34.1 Å². The number of benzene rings is 12. The van der Waals surface area contributed by atoms with Gasteiger partial charge < -0.3 is 19.3 Å². The van der Waals surface area contributed by atoms with E-state index in [1.807, 2.05) is 12.1 Å². The lowest BCUT2D eigenvalue weighted by Crippen LogP contribution is -2.12. The molecular weight excluding hydrogens is 889 g/mol. The fourth-order valence-corrected chi connectivity index (χ4v) is 11.3. The fraction of sp³-hybridized carbons (Fsp3) is 0.0725. The lowest BCUT2D eigenvalue weighted by Gasteiger charge is -2.30. The molecular formula is C69H52N2O2. The second-order valence-electron chi connectivity index (χ2n) is 19.5. The summed E-state index contributed by atoms with van der Waals surface area (Å²) in [4.78, 5) is 4.61. The van der Waals surface area contributed by atoms with Gasteiger partial charge in [0, 0.05) is 44.0 Å². The van der Waals surface area contributed by atoms with E-state index in [-0.39, 0.29) is 5.75 Å². The number of furan rings is 1. The van der Waals surface area contributed by atoms with Crippen molar-refractivity contribution in [2.45, 2.75) is 34.1 Å².